The number of carbonyl (C=O) groups excluding carboxylic acids is 1. The number of carboxylic acid groups (broad SMARTS) is 1. The van der Waals surface area contributed by atoms with Crippen LogP contribution < -0.4 is 5.32 Å². The monoisotopic (exact) mass is 242 g/mol. The molecule has 1 fully saturated rings. The Morgan fingerprint density at radius 2 is 1.94 bits per heavy atom. The number of rotatable bonds is 6. The number of hydrogen-bond donors (Lipinski definition) is 2. The number of nitrogens with zero attached hydrogens (tertiary/aromatic N) is 1. The summed E-state index contributed by atoms with van der Waals surface area (Å²) in [4.78, 5) is 24.6. The number of carbonyl (C=O) groups is 2. The van der Waals surface area contributed by atoms with Gasteiger partial charge >= 0.3 is 5.97 Å². The van der Waals surface area contributed by atoms with Crippen LogP contribution in [0.25, 0.3) is 0 Å². The van der Waals surface area contributed by atoms with Crippen molar-refractivity contribution in [2.45, 2.75) is 45.1 Å². The zero-order valence-electron chi connectivity index (χ0n) is 10.4. The second-order valence-corrected chi connectivity index (χ2v) is 4.52. The normalized spacial score (nSPS) is 18.6. The number of carboxylic acids is 1. The number of hydrogen-bond acceptors (Lipinski definition) is 3. The standard InChI is InChI=1S/C12H22N2O3/c1-2-10(12(16)17)13-11(15)6-9-14-7-4-3-5-8-14/h10H,2-9H2,1H3,(H,13,15)(H,16,17). The minimum Gasteiger partial charge on any atom is -0.480 e. The van der Waals surface area contributed by atoms with Crippen LogP contribution >= 0.6 is 0 Å². The maximum Gasteiger partial charge on any atom is 0.326 e. The molecule has 5 nitrogen and oxygen atoms in total. The Morgan fingerprint density at radius 3 is 2.47 bits per heavy atom. The molecule has 1 heterocycles. The van der Waals surface area contributed by atoms with E-state index in [1.54, 1.807) is 6.92 Å². The van der Waals surface area contributed by atoms with Crippen LogP contribution in [-0.4, -0.2) is 47.6 Å². The maximum atomic E-state index is 11.6. The lowest BCUT2D eigenvalue weighted by molar-refractivity contribution is -0.141. The molecule has 0 aromatic rings. The van der Waals surface area contributed by atoms with Gasteiger partial charge in [-0.25, -0.2) is 4.79 Å². The van der Waals surface area contributed by atoms with Crippen LogP contribution in [0.4, 0.5) is 0 Å². The molecule has 0 bridgehead atoms. The summed E-state index contributed by atoms with van der Waals surface area (Å²) in [7, 11) is 0. The molecular formula is C12H22N2O3. The van der Waals surface area contributed by atoms with Gasteiger partial charge in [0.15, 0.2) is 0 Å². The predicted octanol–water partition coefficient (Wildman–Crippen LogP) is 0.842. The molecule has 0 spiro atoms. The van der Waals surface area contributed by atoms with Crippen LogP contribution in [0.3, 0.4) is 0 Å². The Labute approximate surface area is 102 Å². The van der Waals surface area contributed by atoms with E-state index in [0.717, 1.165) is 19.6 Å². The van der Waals surface area contributed by atoms with Gasteiger partial charge in [-0.2, -0.15) is 0 Å². The number of nitrogens with one attached hydrogen (secondary N) is 1. The molecule has 17 heavy (non-hydrogen) atoms. The molecule has 0 radical (unpaired) electrons. The first-order chi connectivity index (χ1) is 8.13. The Morgan fingerprint density at radius 1 is 1.29 bits per heavy atom. The maximum absolute atomic E-state index is 11.6. The second kappa shape index (κ2) is 7.27. The number of aliphatic carboxylic acids is 1. The molecule has 1 aliphatic rings. The fourth-order valence-corrected chi connectivity index (χ4v) is 2.05. The van der Waals surface area contributed by atoms with Gasteiger partial charge in [0.25, 0.3) is 0 Å². The Balaban J connectivity index is 2.21. The molecular weight excluding hydrogens is 220 g/mol. The van der Waals surface area contributed by atoms with Crippen molar-refractivity contribution in [1.82, 2.24) is 10.2 Å². The van der Waals surface area contributed by atoms with E-state index >= 15 is 0 Å². The van der Waals surface area contributed by atoms with Crippen molar-refractivity contribution in [2.75, 3.05) is 19.6 Å². The minimum atomic E-state index is -0.959. The van der Waals surface area contributed by atoms with Gasteiger partial charge < -0.3 is 15.3 Å². The number of amides is 1. The largest absolute Gasteiger partial charge is 0.480 e. The highest BCUT2D eigenvalue weighted by Crippen LogP contribution is 2.08. The fourth-order valence-electron chi connectivity index (χ4n) is 2.05. The second-order valence-electron chi connectivity index (χ2n) is 4.52. The first-order valence-electron chi connectivity index (χ1n) is 6.38. The Hall–Kier alpha value is -1.10. The molecule has 0 aliphatic carbocycles. The lowest BCUT2D eigenvalue weighted by atomic mass is 10.1. The molecule has 1 atom stereocenters. The third-order valence-electron chi connectivity index (χ3n) is 3.15. The quantitative estimate of drug-likeness (QED) is 0.724. The molecule has 1 aliphatic heterocycles. The topological polar surface area (TPSA) is 69.6 Å². The van der Waals surface area contributed by atoms with Gasteiger partial charge in [0.05, 0.1) is 0 Å². The van der Waals surface area contributed by atoms with Crippen LogP contribution in [0.5, 0.6) is 0 Å². The third kappa shape index (κ3) is 5.17. The fraction of sp³-hybridized carbons (Fsp3) is 0.833. The van der Waals surface area contributed by atoms with E-state index in [1.165, 1.54) is 19.3 Å². The summed E-state index contributed by atoms with van der Waals surface area (Å²) in [5.41, 5.74) is 0. The van der Waals surface area contributed by atoms with Crippen LogP contribution in [0.15, 0.2) is 0 Å². The van der Waals surface area contributed by atoms with E-state index in [2.05, 4.69) is 10.2 Å². The highest BCUT2D eigenvalue weighted by Gasteiger charge is 2.18. The van der Waals surface area contributed by atoms with Crippen molar-refractivity contribution in [3.63, 3.8) is 0 Å². The molecule has 0 aromatic carbocycles. The predicted molar refractivity (Wildman–Crippen MR) is 64.8 cm³/mol. The lowest BCUT2D eigenvalue weighted by Gasteiger charge is -2.26. The van der Waals surface area contributed by atoms with Crippen molar-refractivity contribution < 1.29 is 14.7 Å². The first-order valence-corrected chi connectivity index (χ1v) is 6.38. The molecule has 5 heteroatoms. The third-order valence-corrected chi connectivity index (χ3v) is 3.15. The van der Waals surface area contributed by atoms with Gasteiger partial charge in [0.1, 0.15) is 6.04 Å². The van der Waals surface area contributed by atoms with E-state index < -0.39 is 12.0 Å². The molecule has 1 unspecified atom stereocenters. The Bertz CT molecular complexity index is 262. The van der Waals surface area contributed by atoms with Gasteiger partial charge in [0, 0.05) is 13.0 Å². The molecule has 1 rings (SSSR count). The number of piperidine rings is 1. The zero-order chi connectivity index (χ0) is 12.7. The van der Waals surface area contributed by atoms with Gasteiger partial charge in [-0.1, -0.05) is 13.3 Å². The summed E-state index contributed by atoms with van der Waals surface area (Å²) in [6, 6.07) is -0.746. The van der Waals surface area contributed by atoms with E-state index in [1.807, 2.05) is 0 Å². The molecule has 98 valence electrons. The van der Waals surface area contributed by atoms with Crippen molar-refractivity contribution in [2.24, 2.45) is 0 Å². The SMILES string of the molecule is CCC(NC(=O)CCN1CCCCC1)C(=O)O. The van der Waals surface area contributed by atoms with E-state index in [-0.39, 0.29) is 5.91 Å². The molecule has 1 amide bonds. The molecule has 0 saturated carbocycles. The van der Waals surface area contributed by atoms with E-state index in [9.17, 15) is 9.59 Å². The average Bonchev–Trinajstić information content (AvgIpc) is 2.34. The van der Waals surface area contributed by atoms with E-state index in [0.29, 0.717) is 12.8 Å². The molecule has 1 saturated heterocycles. The first kappa shape index (κ1) is 14.0. The summed E-state index contributed by atoms with van der Waals surface area (Å²) >= 11 is 0. The summed E-state index contributed by atoms with van der Waals surface area (Å²) < 4.78 is 0. The summed E-state index contributed by atoms with van der Waals surface area (Å²) in [6.45, 7) is 4.61. The van der Waals surface area contributed by atoms with Crippen LogP contribution in [-0.2, 0) is 9.59 Å². The van der Waals surface area contributed by atoms with Crippen LogP contribution in [0.1, 0.15) is 39.0 Å². The van der Waals surface area contributed by atoms with Gasteiger partial charge in [-0.05, 0) is 32.4 Å². The van der Waals surface area contributed by atoms with Crippen molar-refractivity contribution in [3.8, 4) is 0 Å². The van der Waals surface area contributed by atoms with Crippen LogP contribution in [0, 0.1) is 0 Å². The summed E-state index contributed by atoms with van der Waals surface area (Å²) in [6.07, 6.45) is 4.50. The highest BCUT2D eigenvalue weighted by atomic mass is 16.4. The molecule has 0 aromatic heterocycles. The molecule has 2 N–H and O–H groups in total. The van der Waals surface area contributed by atoms with Crippen molar-refractivity contribution in [1.29, 1.82) is 0 Å². The van der Waals surface area contributed by atoms with E-state index in [4.69, 9.17) is 5.11 Å². The van der Waals surface area contributed by atoms with Crippen molar-refractivity contribution >= 4 is 11.9 Å². The van der Waals surface area contributed by atoms with Gasteiger partial charge in [-0.3, -0.25) is 4.79 Å². The lowest BCUT2D eigenvalue weighted by Crippen LogP contribution is -2.42. The number of likely N-dealkylation sites (tertiary alicyclic amines) is 1. The average molecular weight is 242 g/mol. The minimum absolute atomic E-state index is 0.162. The highest BCUT2D eigenvalue weighted by molar-refractivity contribution is 5.83. The van der Waals surface area contributed by atoms with Gasteiger partial charge in [0.2, 0.25) is 5.91 Å². The zero-order valence-corrected chi connectivity index (χ0v) is 10.4. The summed E-state index contributed by atoms with van der Waals surface area (Å²) in [5.74, 6) is -1.12. The Kier molecular flexibility index (Phi) is 5.97. The smallest absolute Gasteiger partial charge is 0.326 e. The van der Waals surface area contributed by atoms with Gasteiger partial charge in [-0.15, -0.1) is 0 Å². The van der Waals surface area contributed by atoms with Crippen molar-refractivity contribution in [3.05, 3.63) is 0 Å². The van der Waals surface area contributed by atoms with Crippen LogP contribution in [0.2, 0.25) is 0 Å². The summed E-state index contributed by atoms with van der Waals surface area (Å²) in [5, 5.41) is 11.4.